The number of imide groups is 1. The second-order valence-electron chi connectivity index (χ2n) is 7.48. The molecule has 3 rings (SSSR count). The SMILES string of the molecule is CC(C)(C)OC(=O)N1C[C@@H](CN2C(=O)c3ccccc3C2=O)[C@H](O)C1. The van der Waals surface area contributed by atoms with E-state index in [4.69, 9.17) is 4.74 Å². The van der Waals surface area contributed by atoms with E-state index >= 15 is 0 Å². The number of β-amino-alcohol motifs (C(OH)–C–C–N with tert-alkyl or cyclic N) is 1. The highest BCUT2D eigenvalue weighted by atomic mass is 16.6. The summed E-state index contributed by atoms with van der Waals surface area (Å²) in [6.07, 6.45) is -1.31. The number of nitrogens with zero attached hydrogens (tertiary/aromatic N) is 2. The van der Waals surface area contributed by atoms with Crippen LogP contribution in [0.3, 0.4) is 0 Å². The Hall–Kier alpha value is -2.41. The number of benzene rings is 1. The lowest BCUT2D eigenvalue weighted by molar-refractivity contribution is 0.0269. The molecule has 1 aromatic carbocycles. The van der Waals surface area contributed by atoms with Gasteiger partial charge in [-0.3, -0.25) is 14.5 Å². The van der Waals surface area contributed by atoms with Gasteiger partial charge in [-0.2, -0.15) is 0 Å². The van der Waals surface area contributed by atoms with Crippen molar-refractivity contribution < 1.29 is 24.2 Å². The summed E-state index contributed by atoms with van der Waals surface area (Å²) in [6.45, 7) is 5.76. The standard InChI is InChI=1S/C18H22N2O5/c1-18(2,3)25-17(24)19-8-11(14(21)10-19)9-20-15(22)12-6-4-5-7-13(12)16(20)23/h4-7,11,14,21H,8-10H2,1-3H3/t11-,14+/m0/s1. The van der Waals surface area contributed by atoms with Crippen LogP contribution in [-0.4, -0.2) is 64.2 Å². The molecule has 0 aromatic heterocycles. The smallest absolute Gasteiger partial charge is 0.410 e. The maximum atomic E-state index is 12.4. The summed E-state index contributed by atoms with van der Waals surface area (Å²) in [5, 5.41) is 10.3. The summed E-state index contributed by atoms with van der Waals surface area (Å²) in [7, 11) is 0. The maximum absolute atomic E-state index is 12.4. The first-order valence-electron chi connectivity index (χ1n) is 8.28. The van der Waals surface area contributed by atoms with Gasteiger partial charge in [0.05, 0.1) is 23.8 Å². The number of likely N-dealkylation sites (tertiary alicyclic amines) is 1. The Morgan fingerprint density at radius 3 is 2.24 bits per heavy atom. The van der Waals surface area contributed by atoms with Crippen molar-refractivity contribution in [1.29, 1.82) is 0 Å². The van der Waals surface area contributed by atoms with Crippen molar-refractivity contribution in [3.8, 4) is 0 Å². The number of aliphatic hydroxyl groups excluding tert-OH is 1. The van der Waals surface area contributed by atoms with Crippen molar-refractivity contribution in [1.82, 2.24) is 9.80 Å². The fourth-order valence-electron chi connectivity index (χ4n) is 3.15. The number of aliphatic hydroxyl groups is 1. The first-order valence-corrected chi connectivity index (χ1v) is 8.28. The molecule has 1 saturated heterocycles. The normalized spacial score (nSPS) is 23.2. The summed E-state index contributed by atoms with van der Waals surface area (Å²) in [4.78, 5) is 39.6. The van der Waals surface area contributed by atoms with Gasteiger partial charge < -0.3 is 14.7 Å². The van der Waals surface area contributed by atoms with Gasteiger partial charge in [0.25, 0.3) is 11.8 Å². The number of fused-ring (bicyclic) bond motifs is 1. The van der Waals surface area contributed by atoms with Crippen molar-refractivity contribution in [2.24, 2.45) is 5.92 Å². The monoisotopic (exact) mass is 346 g/mol. The fraction of sp³-hybridized carbons (Fsp3) is 0.500. The number of rotatable bonds is 2. The summed E-state index contributed by atoms with van der Waals surface area (Å²) < 4.78 is 5.31. The number of carbonyl (C=O) groups is 3. The van der Waals surface area contributed by atoms with E-state index in [0.717, 1.165) is 4.90 Å². The van der Waals surface area contributed by atoms with Crippen LogP contribution >= 0.6 is 0 Å². The van der Waals surface area contributed by atoms with Crippen molar-refractivity contribution >= 4 is 17.9 Å². The average molecular weight is 346 g/mol. The van der Waals surface area contributed by atoms with E-state index in [1.54, 1.807) is 45.0 Å². The number of amides is 3. The molecule has 0 aliphatic carbocycles. The fourth-order valence-corrected chi connectivity index (χ4v) is 3.15. The molecule has 7 nitrogen and oxygen atoms in total. The zero-order valence-electron chi connectivity index (χ0n) is 14.6. The van der Waals surface area contributed by atoms with E-state index in [9.17, 15) is 19.5 Å². The Morgan fingerprint density at radius 2 is 1.72 bits per heavy atom. The Balaban J connectivity index is 1.67. The Bertz CT molecular complexity index is 689. The number of carbonyl (C=O) groups excluding carboxylic acids is 3. The third-order valence-electron chi connectivity index (χ3n) is 4.35. The van der Waals surface area contributed by atoms with Crippen molar-refractivity contribution in [2.45, 2.75) is 32.5 Å². The third-order valence-corrected chi connectivity index (χ3v) is 4.35. The minimum Gasteiger partial charge on any atom is -0.444 e. The summed E-state index contributed by atoms with van der Waals surface area (Å²) in [5.74, 6) is -1.11. The highest BCUT2D eigenvalue weighted by molar-refractivity contribution is 6.21. The van der Waals surface area contributed by atoms with E-state index in [1.165, 1.54) is 4.90 Å². The number of hydrogen-bond acceptors (Lipinski definition) is 5. The molecule has 0 saturated carbocycles. The molecule has 2 aliphatic rings. The second-order valence-corrected chi connectivity index (χ2v) is 7.48. The third kappa shape index (κ3) is 3.37. The summed E-state index contributed by atoms with van der Waals surface area (Å²) in [5.41, 5.74) is 0.135. The van der Waals surface area contributed by atoms with Gasteiger partial charge >= 0.3 is 6.09 Å². The first-order chi connectivity index (χ1) is 11.7. The zero-order chi connectivity index (χ0) is 18.4. The maximum Gasteiger partial charge on any atom is 0.410 e. The predicted molar refractivity (Wildman–Crippen MR) is 89.1 cm³/mol. The van der Waals surface area contributed by atoms with Crippen molar-refractivity contribution in [3.05, 3.63) is 35.4 Å². The van der Waals surface area contributed by atoms with E-state index in [2.05, 4.69) is 0 Å². The predicted octanol–water partition coefficient (Wildman–Crippen LogP) is 1.51. The molecule has 0 radical (unpaired) electrons. The molecule has 0 unspecified atom stereocenters. The molecule has 0 bridgehead atoms. The van der Waals surface area contributed by atoms with Crippen LogP contribution in [0.15, 0.2) is 24.3 Å². The molecule has 3 amide bonds. The minimum absolute atomic E-state index is 0.0762. The quantitative estimate of drug-likeness (QED) is 0.820. The summed E-state index contributed by atoms with van der Waals surface area (Å²) >= 11 is 0. The number of hydrogen-bond donors (Lipinski definition) is 1. The molecule has 2 heterocycles. The van der Waals surface area contributed by atoms with Crippen LogP contribution < -0.4 is 0 Å². The van der Waals surface area contributed by atoms with Gasteiger partial charge in [0, 0.05) is 19.0 Å². The van der Waals surface area contributed by atoms with E-state index in [0.29, 0.717) is 11.1 Å². The highest BCUT2D eigenvalue weighted by Crippen LogP contribution is 2.27. The number of ether oxygens (including phenoxy) is 1. The Morgan fingerprint density at radius 1 is 1.16 bits per heavy atom. The van der Waals surface area contributed by atoms with Crippen LogP contribution in [0, 0.1) is 5.92 Å². The van der Waals surface area contributed by atoms with Gasteiger partial charge in [-0.1, -0.05) is 12.1 Å². The average Bonchev–Trinajstić information content (AvgIpc) is 3.00. The Labute approximate surface area is 146 Å². The van der Waals surface area contributed by atoms with Crippen LogP contribution in [0.1, 0.15) is 41.5 Å². The molecule has 25 heavy (non-hydrogen) atoms. The van der Waals surface area contributed by atoms with Crippen LogP contribution in [0.2, 0.25) is 0 Å². The zero-order valence-corrected chi connectivity index (χ0v) is 14.6. The molecule has 1 N–H and O–H groups in total. The van der Waals surface area contributed by atoms with Crippen LogP contribution in [0.4, 0.5) is 4.79 Å². The van der Waals surface area contributed by atoms with Gasteiger partial charge in [0.2, 0.25) is 0 Å². The summed E-state index contributed by atoms with van der Waals surface area (Å²) in [6, 6.07) is 6.66. The first kappa shape index (κ1) is 17.4. The lowest BCUT2D eigenvalue weighted by Gasteiger charge is -2.24. The van der Waals surface area contributed by atoms with Gasteiger partial charge in [0.15, 0.2) is 0 Å². The molecular formula is C18H22N2O5. The van der Waals surface area contributed by atoms with E-state index in [-0.39, 0.29) is 31.4 Å². The van der Waals surface area contributed by atoms with Gasteiger partial charge in [0.1, 0.15) is 5.60 Å². The Kier molecular flexibility index (Phi) is 4.28. The van der Waals surface area contributed by atoms with Gasteiger partial charge in [-0.05, 0) is 32.9 Å². The lowest BCUT2D eigenvalue weighted by Crippen LogP contribution is -2.39. The van der Waals surface area contributed by atoms with Gasteiger partial charge in [-0.25, -0.2) is 4.79 Å². The molecule has 134 valence electrons. The molecular weight excluding hydrogens is 324 g/mol. The highest BCUT2D eigenvalue weighted by Gasteiger charge is 2.42. The molecule has 1 fully saturated rings. The molecule has 2 atom stereocenters. The minimum atomic E-state index is -0.808. The van der Waals surface area contributed by atoms with E-state index in [1.807, 2.05) is 0 Å². The second kappa shape index (κ2) is 6.15. The van der Waals surface area contributed by atoms with Crippen molar-refractivity contribution in [2.75, 3.05) is 19.6 Å². The van der Waals surface area contributed by atoms with Crippen LogP contribution in [0.25, 0.3) is 0 Å². The van der Waals surface area contributed by atoms with E-state index < -0.39 is 23.7 Å². The topological polar surface area (TPSA) is 87.2 Å². The molecule has 7 heteroatoms. The van der Waals surface area contributed by atoms with Crippen LogP contribution in [0.5, 0.6) is 0 Å². The van der Waals surface area contributed by atoms with Crippen LogP contribution in [-0.2, 0) is 4.74 Å². The van der Waals surface area contributed by atoms with Gasteiger partial charge in [-0.15, -0.1) is 0 Å². The molecule has 1 aromatic rings. The largest absolute Gasteiger partial charge is 0.444 e. The lowest BCUT2D eigenvalue weighted by atomic mass is 10.1. The van der Waals surface area contributed by atoms with Crippen molar-refractivity contribution in [3.63, 3.8) is 0 Å². The molecule has 2 aliphatic heterocycles. The molecule has 0 spiro atoms.